The van der Waals surface area contributed by atoms with Crippen LogP contribution >= 0.6 is 0 Å². The number of aromatic nitrogens is 1. The van der Waals surface area contributed by atoms with Crippen molar-refractivity contribution in [1.82, 2.24) is 9.88 Å². The van der Waals surface area contributed by atoms with Crippen LogP contribution in [0.1, 0.15) is 22.0 Å². The predicted octanol–water partition coefficient (Wildman–Crippen LogP) is 1.66. The lowest BCUT2D eigenvalue weighted by Crippen LogP contribution is -2.46. The molecule has 1 fully saturated rings. The van der Waals surface area contributed by atoms with Crippen molar-refractivity contribution in [3.8, 4) is 0 Å². The van der Waals surface area contributed by atoms with E-state index in [0.717, 1.165) is 6.54 Å². The second-order valence-electron chi connectivity index (χ2n) is 5.91. The molecule has 0 radical (unpaired) electrons. The lowest BCUT2D eigenvalue weighted by atomic mass is 9.98. The number of benzene rings is 1. The van der Waals surface area contributed by atoms with Crippen molar-refractivity contribution < 1.29 is 9.53 Å². The van der Waals surface area contributed by atoms with Gasteiger partial charge in [-0.15, -0.1) is 0 Å². The van der Waals surface area contributed by atoms with Crippen molar-refractivity contribution in [3.63, 3.8) is 0 Å². The van der Waals surface area contributed by atoms with Crippen LogP contribution in [0.4, 0.5) is 5.69 Å². The van der Waals surface area contributed by atoms with Crippen LogP contribution in [0.3, 0.4) is 0 Å². The molecule has 126 valence electrons. The summed E-state index contributed by atoms with van der Waals surface area (Å²) < 4.78 is 6.00. The molecule has 1 aliphatic rings. The lowest BCUT2D eigenvalue weighted by molar-refractivity contribution is -0.0556. The minimum atomic E-state index is -0.494. The third-order valence-corrected chi connectivity index (χ3v) is 4.32. The Morgan fingerprint density at radius 2 is 2.17 bits per heavy atom. The zero-order valence-electron chi connectivity index (χ0n) is 13.7. The van der Waals surface area contributed by atoms with Crippen molar-refractivity contribution >= 4 is 11.6 Å². The molecule has 1 aromatic carbocycles. The van der Waals surface area contributed by atoms with Crippen molar-refractivity contribution in [3.05, 3.63) is 59.9 Å². The second kappa shape index (κ2) is 7.42. The van der Waals surface area contributed by atoms with Gasteiger partial charge in [0.2, 0.25) is 0 Å². The Balaban J connectivity index is 1.77. The number of carbonyl (C=O) groups is 1. The molecule has 0 spiro atoms. The van der Waals surface area contributed by atoms with Gasteiger partial charge in [-0.05, 0) is 18.7 Å². The number of likely N-dealkylation sites (N-methyl/N-ethyl adjacent to an activating group) is 1. The molecule has 0 saturated carbocycles. The zero-order valence-corrected chi connectivity index (χ0v) is 13.7. The molecule has 2 atom stereocenters. The third kappa shape index (κ3) is 3.55. The predicted molar refractivity (Wildman–Crippen MR) is 92.8 cm³/mol. The highest BCUT2D eigenvalue weighted by atomic mass is 16.5. The van der Waals surface area contributed by atoms with Gasteiger partial charge in [-0.25, -0.2) is 0 Å². The first-order chi connectivity index (χ1) is 11.7. The summed E-state index contributed by atoms with van der Waals surface area (Å²) in [5.74, 6) is -0.494. The summed E-state index contributed by atoms with van der Waals surface area (Å²) in [4.78, 5) is 17.8. The van der Waals surface area contributed by atoms with E-state index in [0.29, 0.717) is 24.4 Å². The van der Waals surface area contributed by atoms with Gasteiger partial charge in [0, 0.05) is 25.5 Å². The molecule has 0 bridgehead atoms. The van der Waals surface area contributed by atoms with E-state index in [9.17, 15) is 4.79 Å². The molecule has 0 aliphatic carbocycles. The monoisotopic (exact) mass is 326 g/mol. The molecular weight excluding hydrogens is 304 g/mol. The van der Waals surface area contributed by atoms with Crippen LogP contribution in [-0.4, -0.2) is 48.6 Å². The highest BCUT2D eigenvalue weighted by Gasteiger charge is 2.31. The number of rotatable bonds is 5. The number of nitrogens with one attached hydrogen (secondary N) is 1. The highest BCUT2D eigenvalue weighted by molar-refractivity contribution is 5.98. The fourth-order valence-electron chi connectivity index (χ4n) is 3.11. The van der Waals surface area contributed by atoms with Gasteiger partial charge in [-0.3, -0.25) is 14.7 Å². The molecule has 3 N–H and O–H groups in total. The van der Waals surface area contributed by atoms with Gasteiger partial charge in [-0.1, -0.05) is 30.3 Å². The van der Waals surface area contributed by atoms with E-state index in [1.807, 2.05) is 18.2 Å². The standard InChI is InChI=1S/C18H22N4O2/c1-22-9-10-24-16(17(22)13-5-3-2-4-6-13)12-21-15-7-8-20-11-14(15)18(19)23/h2-8,11,16-17H,9-10,12H2,1H3,(H2,19,23)(H,20,21)/t16-,17-/m0/s1. The average molecular weight is 326 g/mol. The van der Waals surface area contributed by atoms with E-state index in [-0.39, 0.29) is 12.1 Å². The first-order valence-electron chi connectivity index (χ1n) is 8.01. The molecular formula is C18H22N4O2. The summed E-state index contributed by atoms with van der Waals surface area (Å²) in [5, 5.41) is 3.29. The highest BCUT2D eigenvalue weighted by Crippen LogP contribution is 2.28. The van der Waals surface area contributed by atoms with Crippen molar-refractivity contribution in [1.29, 1.82) is 0 Å². The quantitative estimate of drug-likeness (QED) is 0.873. The number of amides is 1. The van der Waals surface area contributed by atoms with E-state index < -0.39 is 5.91 Å². The normalized spacial score (nSPS) is 21.4. The Bertz CT molecular complexity index is 692. The summed E-state index contributed by atoms with van der Waals surface area (Å²) in [5.41, 5.74) is 7.69. The van der Waals surface area contributed by atoms with Crippen LogP contribution in [0.5, 0.6) is 0 Å². The maximum atomic E-state index is 11.5. The van der Waals surface area contributed by atoms with Crippen LogP contribution in [0, 0.1) is 0 Å². The van der Waals surface area contributed by atoms with Gasteiger partial charge in [0.25, 0.3) is 5.91 Å². The van der Waals surface area contributed by atoms with Crippen LogP contribution in [0.15, 0.2) is 48.8 Å². The van der Waals surface area contributed by atoms with Crippen molar-refractivity contribution in [2.45, 2.75) is 12.1 Å². The molecule has 0 unspecified atom stereocenters. The second-order valence-corrected chi connectivity index (χ2v) is 5.91. The third-order valence-electron chi connectivity index (χ3n) is 4.32. The van der Waals surface area contributed by atoms with E-state index in [4.69, 9.17) is 10.5 Å². The number of carbonyl (C=O) groups excluding carboxylic acids is 1. The van der Waals surface area contributed by atoms with Crippen LogP contribution < -0.4 is 11.1 Å². The van der Waals surface area contributed by atoms with Crippen LogP contribution in [0.2, 0.25) is 0 Å². The van der Waals surface area contributed by atoms with Gasteiger partial charge >= 0.3 is 0 Å². The number of anilines is 1. The molecule has 3 rings (SSSR count). The lowest BCUT2D eigenvalue weighted by Gasteiger charge is -2.39. The SMILES string of the molecule is CN1CCO[C@@H](CNc2ccncc2C(N)=O)[C@@H]1c1ccccc1. The molecule has 6 nitrogen and oxygen atoms in total. The molecule has 2 heterocycles. The van der Waals surface area contributed by atoms with Gasteiger partial charge < -0.3 is 15.8 Å². The summed E-state index contributed by atoms with van der Waals surface area (Å²) in [6.45, 7) is 2.15. The minimum Gasteiger partial charge on any atom is -0.382 e. The molecule has 2 aromatic rings. The molecule has 24 heavy (non-hydrogen) atoms. The first-order valence-corrected chi connectivity index (χ1v) is 8.01. The maximum Gasteiger partial charge on any atom is 0.252 e. The summed E-state index contributed by atoms with van der Waals surface area (Å²) in [6.07, 6.45) is 3.09. The molecule has 1 saturated heterocycles. The Morgan fingerprint density at radius 3 is 2.92 bits per heavy atom. The minimum absolute atomic E-state index is 0.0277. The molecule has 1 aliphatic heterocycles. The van der Waals surface area contributed by atoms with Gasteiger partial charge in [-0.2, -0.15) is 0 Å². The van der Waals surface area contributed by atoms with E-state index >= 15 is 0 Å². The molecule has 6 heteroatoms. The topological polar surface area (TPSA) is 80.5 Å². The van der Waals surface area contributed by atoms with Crippen LogP contribution in [-0.2, 0) is 4.74 Å². The van der Waals surface area contributed by atoms with E-state index in [1.54, 1.807) is 12.3 Å². The zero-order chi connectivity index (χ0) is 16.9. The summed E-state index contributed by atoms with van der Waals surface area (Å²) in [6, 6.07) is 12.2. The number of nitrogens with two attached hydrogens (primary N) is 1. The number of pyridine rings is 1. The van der Waals surface area contributed by atoms with Gasteiger partial charge in [0.1, 0.15) is 0 Å². The Morgan fingerprint density at radius 1 is 1.38 bits per heavy atom. The van der Waals surface area contributed by atoms with Gasteiger partial charge in [0.15, 0.2) is 0 Å². The average Bonchev–Trinajstić information content (AvgIpc) is 2.61. The van der Waals surface area contributed by atoms with Gasteiger partial charge in [0.05, 0.1) is 30.0 Å². The number of nitrogens with zero attached hydrogens (tertiary/aromatic N) is 2. The number of hydrogen-bond donors (Lipinski definition) is 2. The number of morpholine rings is 1. The molecule has 1 aromatic heterocycles. The van der Waals surface area contributed by atoms with Crippen molar-refractivity contribution in [2.24, 2.45) is 5.73 Å². The maximum absolute atomic E-state index is 11.5. The number of hydrogen-bond acceptors (Lipinski definition) is 5. The first kappa shape index (κ1) is 16.4. The number of primary amides is 1. The van der Waals surface area contributed by atoms with Crippen LogP contribution in [0.25, 0.3) is 0 Å². The Hall–Kier alpha value is -2.44. The Kier molecular flexibility index (Phi) is 5.08. The van der Waals surface area contributed by atoms with Crippen molar-refractivity contribution in [2.75, 3.05) is 32.1 Å². The molecule has 1 amide bonds. The summed E-state index contributed by atoms with van der Waals surface area (Å²) >= 11 is 0. The fourth-order valence-corrected chi connectivity index (χ4v) is 3.11. The smallest absolute Gasteiger partial charge is 0.252 e. The Labute approximate surface area is 141 Å². The van der Waals surface area contributed by atoms with E-state index in [1.165, 1.54) is 11.8 Å². The number of ether oxygens (including phenoxy) is 1. The largest absolute Gasteiger partial charge is 0.382 e. The van der Waals surface area contributed by atoms with E-state index in [2.05, 4.69) is 34.4 Å². The fraction of sp³-hybridized carbons (Fsp3) is 0.333. The summed E-state index contributed by atoms with van der Waals surface area (Å²) in [7, 11) is 2.11.